The van der Waals surface area contributed by atoms with Crippen LogP contribution < -0.4 is 19.5 Å². The predicted molar refractivity (Wildman–Crippen MR) is 109 cm³/mol. The summed E-state index contributed by atoms with van der Waals surface area (Å²) in [5, 5.41) is 3.22. The normalized spacial score (nSPS) is 10.4. The van der Waals surface area contributed by atoms with Crippen molar-refractivity contribution in [3.05, 3.63) is 77.4 Å². The molecule has 27 heavy (non-hydrogen) atoms. The maximum atomic E-state index is 6.07. The minimum absolute atomic E-state index is 0.514. The summed E-state index contributed by atoms with van der Waals surface area (Å²) in [5.74, 6) is 3.11. The summed E-state index contributed by atoms with van der Waals surface area (Å²) in [7, 11) is 3.57. The number of hydrogen-bond donors (Lipinski definition) is 1. The van der Waals surface area contributed by atoms with Crippen molar-refractivity contribution >= 4 is 5.69 Å². The lowest BCUT2D eigenvalue weighted by molar-refractivity contribution is 0.303. The number of nitrogens with one attached hydrogen (secondary N) is 1. The molecule has 3 aromatic carbocycles. The quantitative estimate of drug-likeness (QED) is 0.582. The van der Waals surface area contributed by atoms with Crippen LogP contribution >= 0.6 is 0 Å². The van der Waals surface area contributed by atoms with E-state index in [4.69, 9.17) is 14.2 Å². The number of ether oxygens (including phenoxy) is 3. The van der Waals surface area contributed by atoms with E-state index in [1.165, 1.54) is 5.56 Å². The molecular formula is C23H25NO3. The van der Waals surface area contributed by atoms with Crippen LogP contribution in [-0.2, 0) is 6.61 Å². The second kappa shape index (κ2) is 8.49. The van der Waals surface area contributed by atoms with Crippen LogP contribution in [0.2, 0.25) is 0 Å². The molecule has 0 atom stereocenters. The van der Waals surface area contributed by atoms with Gasteiger partial charge in [-0.3, -0.25) is 0 Å². The minimum Gasteiger partial charge on any atom is -0.497 e. The second-order valence-corrected chi connectivity index (χ2v) is 6.35. The Balaban J connectivity index is 1.72. The van der Waals surface area contributed by atoms with E-state index in [1.807, 2.05) is 62.5 Å². The Morgan fingerprint density at radius 1 is 0.815 bits per heavy atom. The van der Waals surface area contributed by atoms with E-state index in [0.717, 1.165) is 39.8 Å². The van der Waals surface area contributed by atoms with Crippen molar-refractivity contribution in [1.82, 2.24) is 0 Å². The van der Waals surface area contributed by atoms with Crippen molar-refractivity contribution < 1.29 is 14.2 Å². The lowest BCUT2D eigenvalue weighted by Gasteiger charge is -2.15. The maximum Gasteiger partial charge on any atom is 0.131 e. The second-order valence-electron chi connectivity index (χ2n) is 6.35. The summed E-state index contributed by atoms with van der Waals surface area (Å²) in [6, 6.07) is 19.6. The highest BCUT2D eigenvalue weighted by Crippen LogP contribution is 2.30. The Morgan fingerprint density at radius 2 is 1.56 bits per heavy atom. The van der Waals surface area contributed by atoms with Gasteiger partial charge in [-0.1, -0.05) is 18.2 Å². The summed E-state index contributed by atoms with van der Waals surface area (Å²) < 4.78 is 17.2. The van der Waals surface area contributed by atoms with Crippen LogP contribution in [-0.4, -0.2) is 14.2 Å². The molecule has 1 N–H and O–H groups in total. The van der Waals surface area contributed by atoms with Crippen LogP contribution in [0.3, 0.4) is 0 Å². The smallest absolute Gasteiger partial charge is 0.131 e. The highest BCUT2D eigenvalue weighted by atomic mass is 16.5. The van der Waals surface area contributed by atoms with E-state index < -0.39 is 0 Å². The Hall–Kier alpha value is -3.14. The largest absolute Gasteiger partial charge is 0.497 e. The Bertz CT molecular complexity index is 921. The van der Waals surface area contributed by atoms with Gasteiger partial charge >= 0.3 is 0 Å². The van der Waals surface area contributed by atoms with Crippen molar-refractivity contribution in [2.75, 3.05) is 19.5 Å². The van der Waals surface area contributed by atoms with Gasteiger partial charge in [-0.15, -0.1) is 0 Å². The first-order valence-electron chi connectivity index (χ1n) is 8.92. The fourth-order valence-electron chi connectivity index (χ4n) is 2.93. The zero-order valence-corrected chi connectivity index (χ0v) is 16.2. The number of hydrogen-bond acceptors (Lipinski definition) is 4. The topological polar surface area (TPSA) is 39.7 Å². The molecule has 0 bridgehead atoms. The van der Waals surface area contributed by atoms with Crippen LogP contribution in [0.15, 0.2) is 60.7 Å². The first kappa shape index (κ1) is 18.6. The number of aryl methyl sites for hydroxylation is 2. The highest BCUT2D eigenvalue weighted by molar-refractivity contribution is 5.54. The van der Waals surface area contributed by atoms with Crippen molar-refractivity contribution in [3.8, 4) is 23.0 Å². The summed E-state index contributed by atoms with van der Waals surface area (Å²) in [6.45, 7) is 4.63. The van der Waals surface area contributed by atoms with Crippen molar-refractivity contribution in [3.63, 3.8) is 0 Å². The van der Waals surface area contributed by atoms with Gasteiger partial charge in [-0.25, -0.2) is 0 Å². The maximum absolute atomic E-state index is 6.07. The first-order chi connectivity index (χ1) is 13.1. The van der Waals surface area contributed by atoms with E-state index in [2.05, 4.69) is 24.4 Å². The third kappa shape index (κ3) is 4.53. The van der Waals surface area contributed by atoms with Crippen LogP contribution in [0.4, 0.5) is 5.69 Å². The summed E-state index contributed by atoms with van der Waals surface area (Å²) in [5.41, 5.74) is 4.48. The van der Waals surface area contributed by atoms with Crippen molar-refractivity contribution in [2.45, 2.75) is 20.5 Å². The molecule has 0 heterocycles. The van der Waals surface area contributed by atoms with Gasteiger partial charge in [0.15, 0.2) is 0 Å². The van der Waals surface area contributed by atoms with E-state index in [-0.39, 0.29) is 0 Å². The van der Waals surface area contributed by atoms with E-state index in [9.17, 15) is 0 Å². The monoisotopic (exact) mass is 363 g/mol. The number of rotatable bonds is 7. The van der Waals surface area contributed by atoms with Crippen molar-refractivity contribution in [1.29, 1.82) is 0 Å². The molecule has 140 valence electrons. The van der Waals surface area contributed by atoms with E-state index >= 15 is 0 Å². The average molecular weight is 363 g/mol. The van der Waals surface area contributed by atoms with Gasteiger partial charge in [0.05, 0.1) is 7.11 Å². The molecule has 0 spiro atoms. The van der Waals surface area contributed by atoms with Crippen LogP contribution in [0.1, 0.15) is 16.7 Å². The highest BCUT2D eigenvalue weighted by Gasteiger charge is 2.08. The third-order valence-electron chi connectivity index (χ3n) is 4.47. The average Bonchev–Trinajstić information content (AvgIpc) is 2.68. The summed E-state index contributed by atoms with van der Waals surface area (Å²) in [4.78, 5) is 0. The number of benzene rings is 3. The standard InChI is InChI=1S/C23H25NO3/c1-16-7-5-10-22(24-3)21(16)15-26-23-12-11-20(13-17(23)2)27-19-9-6-8-18(14-19)25-4/h5-14,24H,15H2,1-4H3. The molecule has 3 aromatic rings. The lowest BCUT2D eigenvalue weighted by Crippen LogP contribution is -2.03. The molecule has 0 unspecified atom stereocenters. The third-order valence-corrected chi connectivity index (χ3v) is 4.47. The molecule has 0 fully saturated rings. The Labute approximate surface area is 160 Å². The molecule has 0 radical (unpaired) electrons. The fraction of sp³-hybridized carbons (Fsp3) is 0.217. The van der Waals surface area contributed by atoms with Crippen LogP contribution in [0.25, 0.3) is 0 Å². The molecule has 4 heteroatoms. The molecule has 4 nitrogen and oxygen atoms in total. The SMILES string of the molecule is CNc1cccc(C)c1COc1ccc(Oc2cccc(OC)c2)cc1C. The van der Waals surface area contributed by atoms with E-state index in [1.54, 1.807) is 7.11 Å². The first-order valence-corrected chi connectivity index (χ1v) is 8.92. The number of methoxy groups -OCH3 is 1. The van der Waals surface area contributed by atoms with Gasteiger partial charge in [-0.05, 0) is 61.4 Å². The molecule has 0 saturated heterocycles. The van der Waals surface area contributed by atoms with Gasteiger partial charge < -0.3 is 19.5 Å². The minimum atomic E-state index is 0.514. The Morgan fingerprint density at radius 3 is 2.30 bits per heavy atom. The summed E-state index contributed by atoms with van der Waals surface area (Å²) >= 11 is 0. The van der Waals surface area contributed by atoms with Gasteiger partial charge in [0, 0.05) is 24.4 Å². The molecule has 0 aliphatic carbocycles. The van der Waals surface area contributed by atoms with Gasteiger partial charge in [0.25, 0.3) is 0 Å². The zero-order chi connectivity index (χ0) is 19.2. The predicted octanol–water partition coefficient (Wildman–Crippen LogP) is 5.73. The van der Waals surface area contributed by atoms with Gasteiger partial charge in [-0.2, -0.15) is 0 Å². The van der Waals surface area contributed by atoms with Gasteiger partial charge in [0.1, 0.15) is 29.6 Å². The molecule has 0 aliphatic heterocycles. The fourth-order valence-corrected chi connectivity index (χ4v) is 2.93. The lowest BCUT2D eigenvalue weighted by atomic mass is 10.1. The van der Waals surface area contributed by atoms with Crippen molar-refractivity contribution in [2.24, 2.45) is 0 Å². The van der Waals surface area contributed by atoms with Crippen LogP contribution in [0.5, 0.6) is 23.0 Å². The molecule has 0 aromatic heterocycles. The van der Waals surface area contributed by atoms with E-state index in [0.29, 0.717) is 6.61 Å². The molecule has 0 aliphatic rings. The zero-order valence-electron chi connectivity index (χ0n) is 16.2. The summed E-state index contributed by atoms with van der Waals surface area (Å²) in [6.07, 6.45) is 0. The number of anilines is 1. The Kier molecular flexibility index (Phi) is 5.87. The molecular weight excluding hydrogens is 338 g/mol. The van der Waals surface area contributed by atoms with Gasteiger partial charge in [0.2, 0.25) is 0 Å². The van der Waals surface area contributed by atoms with Crippen LogP contribution in [0, 0.1) is 13.8 Å². The molecule has 3 rings (SSSR count). The molecule has 0 amide bonds. The molecule has 0 saturated carbocycles.